The molecule has 3 heteroatoms. The molecule has 2 aliphatic heterocycles. The Morgan fingerprint density at radius 1 is 1.44 bits per heavy atom. The van der Waals surface area contributed by atoms with Crippen molar-refractivity contribution < 1.29 is 9.47 Å². The highest BCUT2D eigenvalue weighted by Gasteiger charge is 2.38. The number of likely N-dealkylation sites (tertiary alicyclic amines) is 1. The van der Waals surface area contributed by atoms with Gasteiger partial charge in [-0.15, -0.1) is 0 Å². The first-order valence-electron chi connectivity index (χ1n) is 6.64. The van der Waals surface area contributed by atoms with Gasteiger partial charge in [-0.25, -0.2) is 0 Å². The summed E-state index contributed by atoms with van der Waals surface area (Å²) in [4.78, 5) is 2.50. The van der Waals surface area contributed by atoms with Crippen LogP contribution in [0.25, 0.3) is 0 Å². The number of hydrogen-bond acceptors (Lipinski definition) is 3. The van der Waals surface area contributed by atoms with Gasteiger partial charge >= 0.3 is 0 Å². The summed E-state index contributed by atoms with van der Waals surface area (Å²) in [6, 6.07) is 6.15. The van der Waals surface area contributed by atoms with Gasteiger partial charge < -0.3 is 14.4 Å². The Hall–Kier alpha value is -1.22. The molecule has 1 saturated heterocycles. The van der Waals surface area contributed by atoms with E-state index in [9.17, 15) is 0 Å². The summed E-state index contributed by atoms with van der Waals surface area (Å²) in [5.74, 6) is 3.17. The van der Waals surface area contributed by atoms with E-state index < -0.39 is 0 Å². The molecule has 18 heavy (non-hydrogen) atoms. The van der Waals surface area contributed by atoms with Crippen LogP contribution in [0, 0.1) is 12.8 Å². The number of hydrogen-bond donors (Lipinski definition) is 0. The van der Waals surface area contributed by atoms with Crippen LogP contribution in [0.4, 0.5) is 0 Å². The molecule has 2 atom stereocenters. The molecular formula is C15H20NO2. The fraction of sp³-hybridized carbons (Fsp3) is 0.533. The maximum atomic E-state index is 5.87. The fourth-order valence-electron chi connectivity index (χ4n) is 3.16. The van der Waals surface area contributed by atoms with E-state index >= 15 is 0 Å². The molecule has 0 saturated carbocycles. The third kappa shape index (κ3) is 1.97. The van der Waals surface area contributed by atoms with E-state index in [4.69, 9.17) is 9.47 Å². The average Bonchev–Trinajstić information content (AvgIpc) is 2.81. The molecule has 1 radical (unpaired) electrons. The molecule has 2 heterocycles. The average molecular weight is 246 g/mol. The molecule has 1 fully saturated rings. The highest BCUT2D eigenvalue weighted by molar-refractivity contribution is 5.44. The van der Waals surface area contributed by atoms with Gasteiger partial charge in [0, 0.05) is 30.5 Å². The number of benzene rings is 1. The van der Waals surface area contributed by atoms with Gasteiger partial charge in [0.2, 0.25) is 0 Å². The van der Waals surface area contributed by atoms with E-state index in [-0.39, 0.29) is 0 Å². The van der Waals surface area contributed by atoms with E-state index in [1.165, 1.54) is 5.56 Å². The van der Waals surface area contributed by atoms with Gasteiger partial charge in [0.15, 0.2) is 0 Å². The first-order chi connectivity index (χ1) is 8.81. The van der Waals surface area contributed by atoms with Gasteiger partial charge in [0.25, 0.3) is 0 Å². The van der Waals surface area contributed by atoms with Crippen LogP contribution in [0.1, 0.15) is 17.9 Å². The van der Waals surface area contributed by atoms with Crippen molar-refractivity contribution in [3.63, 3.8) is 0 Å². The summed E-state index contributed by atoms with van der Waals surface area (Å²) < 4.78 is 11.2. The number of nitrogens with zero attached hydrogens (tertiary/aromatic N) is 1. The third-order valence-electron chi connectivity index (χ3n) is 4.06. The normalized spacial score (nSPS) is 26.3. The van der Waals surface area contributed by atoms with Crippen LogP contribution in [-0.4, -0.2) is 38.3 Å². The largest absolute Gasteiger partial charge is 0.497 e. The molecule has 0 bridgehead atoms. The molecule has 1 aromatic carbocycles. The van der Waals surface area contributed by atoms with Gasteiger partial charge in [-0.2, -0.15) is 0 Å². The zero-order valence-electron chi connectivity index (χ0n) is 10.9. The van der Waals surface area contributed by atoms with Crippen molar-refractivity contribution in [2.24, 2.45) is 5.92 Å². The quantitative estimate of drug-likeness (QED) is 0.817. The minimum atomic E-state index is 0.593. The smallest absolute Gasteiger partial charge is 0.123 e. The maximum Gasteiger partial charge on any atom is 0.123 e. The molecule has 0 N–H and O–H groups in total. The Labute approximate surface area is 109 Å². The molecule has 0 amide bonds. The van der Waals surface area contributed by atoms with Crippen LogP contribution in [0.2, 0.25) is 0 Å². The van der Waals surface area contributed by atoms with Crippen LogP contribution in [-0.2, 0) is 0 Å². The summed E-state index contributed by atoms with van der Waals surface area (Å²) in [5, 5.41) is 0. The Bertz CT molecular complexity index is 433. The minimum Gasteiger partial charge on any atom is -0.497 e. The molecule has 1 aromatic rings. The van der Waals surface area contributed by atoms with Crippen LogP contribution < -0.4 is 9.47 Å². The van der Waals surface area contributed by atoms with Gasteiger partial charge in [-0.1, -0.05) is 6.92 Å². The second kappa shape index (κ2) is 4.81. The van der Waals surface area contributed by atoms with E-state index in [0.29, 0.717) is 11.8 Å². The SMILES string of the molecule is [CH2]CCN1C[C@@H]2COc3ccc(OC)cc3[C@@H]2C1. The van der Waals surface area contributed by atoms with Crippen LogP contribution in [0.3, 0.4) is 0 Å². The fourth-order valence-corrected chi connectivity index (χ4v) is 3.16. The van der Waals surface area contributed by atoms with Gasteiger partial charge in [-0.3, -0.25) is 0 Å². The topological polar surface area (TPSA) is 21.7 Å². The van der Waals surface area contributed by atoms with E-state index in [1.807, 2.05) is 12.1 Å². The molecule has 0 spiro atoms. The second-order valence-corrected chi connectivity index (χ2v) is 5.19. The Balaban J connectivity index is 1.87. The number of ether oxygens (including phenoxy) is 2. The van der Waals surface area contributed by atoms with Crippen molar-refractivity contribution in [3.8, 4) is 11.5 Å². The van der Waals surface area contributed by atoms with Gasteiger partial charge in [0.05, 0.1) is 13.7 Å². The number of methoxy groups -OCH3 is 1. The lowest BCUT2D eigenvalue weighted by Gasteiger charge is -2.28. The van der Waals surface area contributed by atoms with Crippen LogP contribution in [0.5, 0.6) is 11.5 Å². The van der Waals surface area contributed by atoms with E-state index in [1.54, 1.807) is 7.11 Å². The first kappa shape index (κ1) is 11.8. The van der Waals surface area contributed by atoms with Crippen molar-refractivity contribution >= 4 is 0 Å². The van der Waals surface area contributed by atoms with Crippen molar-refractivity contribution in [1.82, 2.24) is 4.90 Å². The summed E-state index contributed by atoms with van der Waals surface area (Å²) in [6.45, 7) is 8.14. The minimum absolute atomic E-state index is 0.593. The number of rotatable bonds is 3. The summed E-state index contributed by atoms with van der Waals surface area (Å²) in [5.41, 5.74) is 1.32. The lowest BCUT2D eigenvalue weighted by atomic mass is 9.87. The molecule has 0 aliphatic carbocycles. The molecule has 2 aliphatic rings. The lowest BCUT2D eigenvalue weighted by molar-refractivity contribution is 0.212. The summed E-state index contributed by atoms with van der Waals surface area (Å²) in [7, 11) is 1.71. The monoisotopic (exact) mass is 246 g/mol. The second-order valence-electron chi connectivity index (χ2n) is 5.19. The zero-order valence-corrected chi connectivity index (χ0v) is 10.9. The Morgan fingerprint density at radius 3 is 3.11 bits per heavy atom. The van der Waals surface area contributed by atoms with Crippen molar-refractivity contribution in [1.29, 1.82) is 0 Å². The first-order valence-corrected chi connectivity index (χ1v) is 6.64. The third-order valence-corrected chi connectivity index (χ3v) is 4.06. The van der Waals surface area contributed by atoms with E-state index in [2.05, 4.69) is 17.9 Å². The van der Waals surface area contributed by atoms with Crippen LogP contribution >= 0.6 is 0 Å². The molecular weight excluding hydrogens is 226 g/mol. The zero-order chi connectivity index (χ0) is 12.5. The van der Waals surface area contributed by atoms with Crippen molar-refractivity contribution in [2.45, 2.75) is 12.3 Å². The molecule has 3 nitrogen and oxygen atoms in total. The van der Waals surface area contributed by atoms with Crippen molar-refractivity contribution in [2.75, 3.05) is 33.4 Å². The summed E-state index contributed by atoms with van der Waals surface area (Å²) >= 11 is 0. The van der Waals surface area contributed by atoms with Gasteiger partial charge in [0.1, 0.15) is 11.5 Å². The van der Waals surface area contributed by atoms with Crippen molar-refractivity contribution in [3.05, 3.63) is 30.7 Å². The number of fused-ring (bicyclic) bond motifs is 3. The van der Waals surface area contributed by atoms with Gasteiger partial charge in [-0.05, 0) is 31.2 Å². The lowest BCUT2D eigenvalue weighted by Crippen LogP contribution is -2.25. The molecule has 3 rings (SSSR count). The highest BCUT2D eigenvalue weighted by atomic mass is 16.5. The molecule has 97 valence electrons. The van der Waals surface area contributed by atoms with Crippen LogP contribution in [0.15, 0.2) is 18.2 Å². The predicted molar refractivity (Wildman–Crippen MR) is 71.1 cm³/mol. The van der Waals surface area contributed by atoms with E-state index in [0.717, 1.165) is 44.2 Å². The highest BCUT2D eigenvalue weighted by Crippen LogP contribution is 2.42. The molecule has 0 aromatic heterocycles. The Morgan fingerprint density at radius 2 is 2.33 bits per heavy atom. The predicted octanol–water partition coefficient (Wildman–Crippen LogP) is 2.33. The molecule has 0 unspecified atom stereocenters. The summed E-state index contributed by atoms with van der Waals surface area (Å²) in [6.07, 6.45) is 0.977. The standard InChI is InChI=1S/C15H20NO2/c1-3-6-16-8-11-10-18-15-5-4-12(17-2)7-13(15)14(11)9-16/h4-5,7,11,14H,1,3,6,8-10H2,2H3/t11-,14-/m1/s1. The Kier molecular flexibility index (Phi) is 3.16. The maximum absolute atomic E-state index is 5.87.